The van der Waals surface area contributed by atoms with E-state index >= 15 is 0 Å². The lowest BCUT2D eigenvalue weighted by atomic mass is 10.1. The van der Waals surface area contributed by atoms with E-state index in [2.05, 4.69) is 0 Å². The molecule has 1 rings (SSSR count). The first kappa shape index (κ1) is 14.3. The zero-order chi connectivity index (χ0) is 12.8. The van der Waals surface area contributed by atoms with Crippen LogP contribution < -0.4 is 4.74 Å². The summed E-state index contributed by atoms with van der Waals surface area (Å²) >= 11 is 5.84. The topological polar surface area (TPSA) is 58.9 Å². The third-order valence-electron chi connectivity index (χ3n) is 2.21. The maximum Gasteiger partial charge on any atom is 0.125 e. The van der Waals surface area contributed by atoms with Crippen molar-refractivity contribution >= 4 is 11.6 Å². The smallest absolute Gasteiger partial charge is 0.125 e. The van der Waals surface area contributed by atoms with E-state index in [4.69, 9.17) is 21.1 Å². The molecule has 0 aromatic heterocycles. The molecule has 0 heterocycles. The van der Waals surface area contributed by atoms with Crippen LogP contribution in [0.25, 0.3) is 0 Å². The van der Waals surface area contributed by atoms with Crippen LogP contribution in [0.5, 0.6) is 5.75 Å². The first-order valence-electron chi connectivity index (χ1n) is 5.32. The Bertz CT molecular complexity index is 354. The summed E-state index contributed by atoms with van der Waals surface area (Å²) in [6.07, 6.45) is -1.37. The van der Waals surface area contributed by atoms with Gasteiger partial charge in [-0.1, -0.05) is 11.6 Å². The van der Waals surface area contributed by atoms with Gasteiger partial charge in [0.25, 0.3) is 0 Å². The summed E-state index contributed by atoms with van der Waals surface area (Å²) in [5, 5.41) is 19.6. The van der Waals surface area contributed by atoms with Crippen molar-refractivity contribution in [2.24, 2.45) is 0 Å². The lowest BCUT2D eigenvalue weighted by Crippen LogP contribution is -2.23. The summed E-state index contributed by atoms with van der Waals surface area (Å²) in [7, 11) is 1.51. The molecule has 0 bridgehead atoms. The highest BCUT2D eigenvalue weighted by atomic mass is 35.5. The predicted molar refractivity (Wildman–Crippen MR) is 65.5 cm³/mol. The molecule has 0 saturated heterocycles. The molecule has 2 N–H and O–H groups in total. The average molecular weight is 261 g/mol. The number of rotatable bonds is 6. The van der Waals surface area contributed by atoms with Crippen LogP contribution in [0.3, 0.4) is 0 Å². The van der Waals surface area contributed by atoms with Crippen LogP contribution in [0.4, 0.5) is 0 Å². The standard InChI is InChI=1S/C12H17ClO4/c1-8(14)11-5-9(13)3-4-12(11)17-7-10(15)6-16-2/h3-5,8,10,14-15H,6-7H2,1-2H3/t8-,10?/m1/s1. The Labute approximate surface area is 106 Å². The molecule has 2 atom stereocenters. The highest BCUT2D eigenvalue weighted by Gasteiger charge is 2.12. The molecule has 0 spiro atoms. The molecule has 0 amide bonds. The van der Waals surface area contributed by atoms with Crippen LogP contribution >= 0.6 is 11.6 Å². The molecule has 17 heavy (non-hydrogen) atoms. The molecule has 1 aromatic rings. The van der Waals surface area contributed by atoms with Gasteiger partial charge in [-0.3, -0.25) is 0 Å². The van der Waals surface area contributed by atoms with E-state index in [0.717, 1.165) is 0 Å². The average Bonchev–Trinajstić information content (AvgIpc) is 2.27. The van der Waals surface area contributed by atoms with Gasteiger partial charge in [0.1, 0.15) is 18.5 Å². The minimum absolute atomic E-state index is 0.106. The van der Waals surface area contributed by atoms with Crippen LogP contribution in [0.15, 0.2) is 18.2 Å². The minimum atomic E-state index is -0.697. The number of aliphatic hydroxyl groups is 2. The van der Waals surface area contributed by atoms with E-state index in [1.165, 1.54) is 7.11 Å². The molecular formula is C12H17ClO4. The van der Waals surface area contributed by atoms with Crippen LogP contribution in [0, 0.1) is 0 Å². The Hall–Kier alpha value is -0.810. The fourth-order valence-corrected chi connectivity index (χ4v) is 1.58. The maximum atomic E-state index is 9.57. The van der Waals surface area contributed by atoms with E-state index in [9.17, 15) is 10.2 Å². The summed E-state index contributed by atoms with van der Waals surface area (Å²) < 4.78 is 10.2. The summed E-state index contributed by atoms with van der Waals surface area (Å²) in [5.41, 5.74) is 0.599. The third-order valence-corrected chi connectivity index (χ3v) is 2.45. The summed E-state index contributed by atoms with van der Waals surface area (Å²) in [6, 6.07) is 4.99. The minimum Gasteiger partial charge on any atom is -0.490 e. The SMILES string of the molecule is COCC(O)COc1ccc(Cl)cc1[C@@H](C)O. The van der Waals surface area contributed by atoms with Crippen molar-refractivity contribution in [1.82, 2.24) is 0 Å². The van der Waals surface area contributed by atoms with Crippen molar-refractivity contribution in [3.05, 3.63) is 28.8 Å². The molecule has 0 fully saturated rings. The molecular weight excluding hydrogens is 244 g/mol. The van der Waals surface area contributed by atoms with E-state index < -0.39 is 12.2 Å². The van der Waals surface area contributed by atoms with Crippen LogP contribution in [0.1, 0.15) is 18.6 Å². The molecule has 4 nitrogen and oxygen atoms in total. The molecule has 96 valence electrons. The second kappa shape index (κ2) is 6.81. The van der Waals surface area contributed by atoms with Crippen molar-refractivity contribution in [3.8, 4) is 5.75 Å². The zero-order valence-electron chi connectivity index (χ0n) is 9.89. The Morgan fingerprint density at radius 2 is 2.00 bits per heavy atom. The van der Waals surface area contributed by atoms with Crippen molar-refractivity contribution < 1.29 is 19.7 Å². The quantitative estimate of drug-likeness (QED) is 0.819. The molecule has 0 aliphatic heterocycles. The largest absolute Gasteiger partial charge is 0.490 e. The van der Waals surface area contributed by atoms with Gasteiger partial charge in [0, 0.05) is 17.7 Å². The highest BCUT2D eigenvalue weighted by molar-refractivity contribution is 6.30. The highest BCUT2D eigenvalue weighted by Crippen LogP contribution is 2.28. The number of benzene rings is 1. The van der Waals surface area contributed by atoms with Crippen LogP contribution in [-0.2, 0) is 4.74 Å². The zero-order valence-corrected chi connectivity index (χ0v) is 10.6. The number of halogens is 1. The molecule has 0 saturated carbocycles. The number of ether oxygens (including phenoxy) is 2. The fraction of sp³-hybridized carbons (Fsp3) is 0.500. The van der Waals surface area contributed by atoms with E-state index in [1.807, 2.05) is 0 Å². The van der Waals surface area contributed by atoms with Gasteiger partial charge in [0.15, 0.2) is 0 Å². The van der Waals surface area contributed by atoms with Crippen LogP contribution in [-0.4, -0.2) is 36.6 Å². The summed E-state index contributed by atoms with van der Waals surface area (Å²) in [5.74, 6) is 0.513. The summed E-state index contributed by atoms with van der Waals surface area (Å²) in [4.78, 5) is 0. The second-order valence-corrected chi connectivity index (χ2v) is 4.21. The molecule has 1 unspecified atom stereocenters. The normalized spacial score (nSPS) is 14.4. The van der Waals surface area contributed by atoms with Crippen molar-refractivity contribution in [1.29, 1.82) is 0 Å². The second-order valence-electron chi connectivity index (χ2n) is 3.78. The molecule has 1 aromatic carbocycles. The Morgan fingerprint density at radius 3 is 2.59 bits per heavy atom. The number of methoxy groups -OCH3 is 1. The molecule has 0 aliphatic rings. The monoisotopic (exact) mass is 260 g/mol. The first-order chi connectivity index (χ1) is 8.04. The van der Waals surface area contributed by atoms with Gasteiger partial charge < -0.3 is 19.7 Å². The molecule has 0 aliphatic carbocycles. The Balaban J connectivity index is 2.70. The Morgan fingerprint density at radius 1 is 1.29 bits per heavy atom. The maximum absolute atomic E-state index is 9.57. The van der Waals surface area contributed by atoms with Crippen molar-refractivity contribution in [3.63, 3.8) is 0 Å². The van der Waals surface area contributed by atoms with E-state index in [1.54, 1.807) is 25.1 Å². The van der Waals surface area contributed by atoms with Crippen molar-refractivity contribution in [2.45, 2.75) is 19.1 Å². The summed E-state index contributed by atoms with van der Waals surface area (Å²) in [6.45, 7) is 1.94. The van der Waals surface area contributed by atoms with Gasteiger partial charge in [-0.15, -0.1) is 0 Å². The third kappa shape index (κ3) is 4.52. The van der Waals surface area contributed by atoms with E-state index in [-0.39, 0.29) is 13.2 Å². The number of hydrogen-bond donors (Lipinski definition) is 2. The molecule has 0 radical (unpaired) electrons. The predicted octanol–water partition coefficient (Wildman–Crippen LogP) is 1.78. The Kier molecular flexibility index (Phi) is 5.71. The molecule has 5 heteroatoms. The first-order valence-corrected chi connectivity index (χ1v) is 5.69. The number of aliphatic hydroxyl groups excluding tert-OH is 2. The van der Waals surface area contributed by atoms with Gasteiger partial charge in [0.05, 0.1) is 12.7 Å². The van der Waals surface area contributed by atoms with Gasteiger partial charge in [-0.05, 0) is 25.1 Å². The lowest BCUT2D eigenvalue weighted by Gasteiger charge is -2.16. The van der Waals surface area contributed by atoms with Gasteiger partial charge in [0.2, 0.25) is 0 Å². The van der Waals surface area contributed by atoms with Gasteiger partial charge in [-0.25, -0.2) is 0 Å². The van der Waals surface area contributed by atoms with Gasteiger partial charge in [-0.2, -0.15) is 0 Å². The number of hydrogen-bond acceptors (Lipinski definition) is 4. The van der Waals surface area contributed by atoms with Crippen molar-refractivity contribution in [2.75, 3.05) is 20.3 Å². The van der Waals surface area contributed by atoms with Gasteiger partial charge >= 0.3 is 0 Å². The fourth-order valence-electron chi connectivity index (χ4n) is 1.40. The van der Waals surface area contributed by atoms with Crippen LogP contribution in [0.2, 0.25) is 5.02 Å². The van der Waals surface area contributed by atoms with E-state index in [0.29, 0.717) is 16.3 Å². The lowest BCUT2D eigenvalue weighted by molar-refractivity contribution is 0.0316.